The van der Waals surface area contributed by atoms with E-state index < -0.39 is 0 Å². The van der Waals surface area contributed by atoms with Crippen LogP contribution in [0.3, 0.4) is 0 Å². The zero-order chi connectivity index (χ0) is 17.8. The monoisotopic (exact) mass is 331 g/mol. The Morgan fingerprint density at radius 1 is 1.12 bits per heavy atom. The van der Waals surface area contributed by atoms with Gasteiger partial charge >= 0.3 is 0 Å². The Morgan fingerprint density at radius 2 is 1.88 bits per heavy atom. The summed E-state index contributed by atoms with van der Waals surface area (Å²) in [6, 6.07) is 15.8. The van der Waals surface area contributed by atoms with Crippen LogP contribution >= 0.6 is 0 Å². The van der Waals surface area contributed by atoms with Gasteiger partial charge in [0.25, 0.3) is 0 Å². The molecule has 0 aliphatic rings. The number of benzene rings is 2. The second kappa shape index (κ2) is 7.14. The lowest BCUT2D eigenvalue weighted by Crippen LogP contribution is -1.96. The fraction of sp³-hybridized carbons (Fsp3) is 0.0909. The van der Waals surface area contributed by atoms with Crippen LogP contribution < -0.4 is 10.1 Å². The van der Waals surface area contributed by atoms with Crippen LogP contribution in [0.5, 0.6) is 5.75 Å². The Balaban J connectivity index is 1.91. The lowest BCUT2D eigenvalue weighted by atomic mass is 10.1. The zero-order valence-electron chi connectivity index (χ0n) is 14.5. The molecule has 0 amide bonds. The summed E-state index contributed by atoms with van der Waals surface area (Å²) in [5.41, 5.74) is 4.35. The number of allylic oxidation sites excluding steroid dienone is 2. The lowest BCUT2D eigenvalue weighted by Gasteiger charge is -2.07. The van der Waals surface area contributed by atoms with Crippen LogP contribution in [-0.2, 0) is 0 Å². The number of anilines is 1. The minimum atomic E-state index is 0.720. The molecule has 0 unspecified atom stereocenters. The SMILES string of the molecule is C=C(/C=C/c1ccccc1)Nc1c(C(=C)C)oc2cc(OC)ccc12. The van der Waals surface area contributed by atoms with E-state index in [0.29, 0.717) is 0 Å². The number of hydrogen-bond donors (Lipinski definition) is 1. The molecule has 3 aromatic rings. The molecule has 2 aromatic carbocycles. The van der Waals surface area contributed by atoms with Gasteiger partial charge in [-0.1, -0.05) is 49.6 Å². The summed E-state index contributed by atoms with van der Waals surface area (Å²) in [6.07, 6.45) is 3.96. The van der Waals surface area contributed by atoms with E-state index in [1.54, 1.807) is 7.11 Å². The van der Waals surface area contributed by atoms with E-state index in [0.717, 1.165) is 45.0 Å². The fourth-order valence-electron chi connectivity index (χ4n) is 2.59. The molecule has 0 fully saturated rings. The van der Waals surface area contributed by atoms with E-state index in [4.69, 9.17) is 9.15 Å². The predicted molar refractivity (Wildman–Crippen MR) is 106 cm³/mol. The summed E-state index contributed by atoms with van der Waals surface area (Å²) in [7, 11) is 1.64. The second-order valence-corrected chi connectivity index (χ2v) is 5.84. The summed E-state index contributed by atoms with van der Waals surface area (Å²) in [5, 5.41) is 4.31. The summed E-state index contributed by atoms with van der Waals surface area (Å²) < 4.78 is 11.2. The third-order valence-electron chi connectivity index (χ3n) is 3.85. The van der Waals surface area contributed by atoms with Crippen molar-refractivity contribution in [1.82, 2.24) is 0 Å². The molecule has 3 heteroatoms. The molecule has 0 radical (unpaired) electrons. The summed E-state index contributed by atoms with van der Waals surface area (Å²) in [4.78, 5) is 0. The number of ether oxygens (including phenoxy) is 1. The van der Waals surface area contributed by atoms with Gasteiger partial charge in [0.05, 0.1) is 12.8 Å². The van der Waals surface area contributed by atoms with Gasteiger partial charge < -0.3 is 14.5 Å². The van der Waals surface area contributed by atoms with Crippen molar-refractivity contribution in [2.45, 2.75) is 6.92 Å². The second-order valence-electron chi connectivity index (χ2n) is 5.84. The lowest BCUT2D eigenvalue weighted by molar-refractivity contribution is 0.414. The quantitative estimate of drug-likeness (QED) is 0.553. The van der Waals surface area contributed by atoms with Gasteiger partial charge in [0.2, 0.25) is 0 Å². The predicted octanol–water partition coefficient (Wildman–Crippen LogP) is 6.11. The minimum absolute atomic E-state index is 0.720. The van der Waals surface area contributed by atoms with Crippen LogP contribution in [0, 0.1) is 0 Å². The zero-order valence-corrected chi connectivity index (χ0v) is 14.5. The van der Waals surface area contributed by atoms with Gasteiger partial charge in [-0.3, -0.25) is 0 Å². The molecule has 0 aliphatic heterocycles. The van der Waals surface area contributed by atoms with Gasteiger partial charge in [0.1, 0.15) is 11.3 Å². The average molecular weight is 331 g/mol. The molecule has 126 valence electrons. The van der Waals surface area contributed by atoms with Gasteiger partial charge in [-0.25, -0.2) is 0 Å². The first kappa shape index (κ1) is 16.7. The van der Waals surface area contributed by atoms with Crippen molar-refractivity contribution in [3.63, 3.8) is 0 Å². The Bertz CT molecular complexity index is 949. The highest BCUT2D eigenvalue weighted by atomic mass is 16.5. The minimum Gasteiger partial charge on any atom is -0.497 e. The van der Waals surface area contributed by atoms with Crippen molar-refractivity contribution in [3.05, 3.63) is 84.8 Å². The largest absolute Gasteiger partial charge is 0.497 e. The summed E-state index contributed by atoms with van der Waals surface area (Å²) >= 11 is 0. The highest BCUT2D eigenvalue weighted by molar-refractivity contribution is 5.98. The van der Waals surface area contributed by atoms with Crippen LogP contribution in [0.15, 0.2) is 77.9 Å². The standard InChI is InChI=1S/C22H21NO2/c1-15(2)22-21(19-13-12-18(24-4)14-20(19)25-22)23-16(3)10-11-17-8-6-5-7-9-17/h5-14,23H,1,3H2,2,4H3/b11-10+. The van der Waals surface area contributed by atoms with Gasteiger partial charge in [-0.2, -0.15) is 0 Å². The molecular formula is C22H21NO2. The first-order valence-electron chi connectivity index (χ1n) is 8.04. The van der Waals surface area contributed by atoms with Crippen molar-refractivity contribution in [1.29, 1.82) is 0 Å². The molecule has 3 nitrogen and oxygen atoms in total. The van der Waals surface area contributed by atoms with Gasteiger partial charge in [-0.05, 0) is 36.3 Å². The molecule has 0 atom stereocenters. The van der Waals surface area contributed by atoms with Crippen LogP contribution in [0.4, 0.5) is 5.69 Å². The van der Waals surface area contributed by atoms with E-state index in [1.165, 1.54) is 0 Å². The van der Waals surface area contributed by atoms with Gasteiger partial charge in [0.15, 0.2) is 5.76 Å². The van der Waals surface area contributed by atoms with E-state index in [1.807, 2.05) is 67.6 Å². The molecule has 1 heterocycles. The van der Waals surface area contributed by atoms with E-state index in [9.17, 15) is 0 Å². The Kier molecular flexibility index (Phi) is 4.75. The highest BCUT2D eigenvalue weighted by Crippen LogP contribution is 2.37. The first-order valence-corrected chi connectivity index (χ1v) is 8.04. The number of fused-ring (bicyclic) bond motifs is 1. The Morgan fingerprint density at radius 3 is 2.56 bits per heavy atom. The fourth-order valence-corrected chi connectivity index (χ4v) is 2.59. The number of methoxy groups -OCH3 is 1. The molecule has 25 heavy (non-hydrogen) atoms. The summed E-state index contributed by atoms with van der Waals surface area (Å²) in [6.45, 7) is 10.0. The molecule has 3 rings (SSSR count). The number of nitrogens with one attached hydrogen (secondary N) is 1. The van der Waals surface area contributed by atoms with Crippen LogP contribution in [-0.4, -0.2) is 7.11 Å². The van der Waals surface area contributed by atoms with E-state index in [-0.39, 0.29) is 0 Å². The molecule has 1 aromatic heterocycles. The van der Waals surface area contributed by atoms with E-state index in [2.05, 4.69) is 18.5 Å². The van der Waals surface area contributed by atoms with Crippen LogP contribution in [0.2, 0.25) is 0 Å². The average Bonchev–Trinajstić information content (AvgIpc) is 2.98. The van der Waals surface area contributed by atoms with Crippen LogP contribution in [0.1, 0.15) is 18.2 Å². The first-order chi connectivity index (χ1) is 12.1. The Hall–Kier alpha value is -3.20. The topological polar surface area (TPSA) is 34.4 Å². The molecule has 1 N–H and O–H groups in total. The molecule has 0 saturated heterocycles. The van der Waals surface area contributed by atoms with E-state index >= 15 is 0 Å². The van der Waals surface area contributed by atoms with Gasteiger partial charge in [0, 0.05) is 17.1 Å². The number of furan rings is 1. The van der Waals surface area contributed by atoms with Crippen molar-refractivity contribution in [3.8, 4) is 5.75 Å². The van der Waals surface area contributed by atoms with Crippen LogP contribution in [0.25, 0.3) is 22.6 Å². The normalized spacial score (nSPS) is 11.0. The molecule has 0 spiro atoms. The Labute approximate surface area is 147 Å². The van der Waals surface area contributed by atoms with Crippen molar-refractivity contribution < 1.29 is 9.15 Å². The third-order valence-corrected chi connectivity index (χ3v) is 3.85. The summed E-state index contributed by atoms with van der Waals surface area (Å²) in [5.74, 6) is 1.47. The maximum absolute atomic E-state index is 5.96. The van der Waals surface area contributed by atoms with Crippen molar-refractivity contribution in [2.24, 2.45) is 0 Å². The highest BCUT2D eigenvalue weighted by Gasteiger charge is 2.15. The molecule has 0 saturated carbocycles. The maximum Gasteiger partial charge on any atom is 0.153 e. The smallest absolute Gasteiger partial charge is 0.153 e. The molecule has 0 bridgehead atoms. The number of hydrogen-bond acceptors (Lipinski definition) is 3. The number of rotatable bonds is 6. The van der Waals surface area contributed by atoms with Crippen molar-refractivity contribution >= 4 is 28.3 Å². The van der Waals surface area contributed by atoms with Crippen molar-refractivity contribution in [2.75, 3.05) is 12.4 Å². The third kappa shape index (κ3) is 3.66. The molecule has 0 aliphatic carbocycles. The van der Waals surface area contributed by atoms with Gasteiger partial charge in [-0.15, -0.1) is 0 Å². The maximum atomic E-state index is 5.96. The molecular weight excluding hydrogens is 310 g/mol.